The summed E-state index contributed by atoms with van der Waals surface area (Å²) in [6.07, 6.45) is 1.18. The van der Waals surface area contributed by atoms with E-state index in [0.29, 0.717) is 6.04 Å². The van der Waals surface area contributed by atoms with Crippen LogP contribution in [0.5, 0.6) is 5.75 Å². The molecule has 1 fully saturated rings. The van der Waals surface area contributed by atoms with Gasteiger partial charge in [-0.15, -0.1) is 0 Å². The van der Waals surface area contributed by atoms with Crippen LogP contribution in [-0.4, -0.2) is 58.8 Å². The molecular weight excluding hydrogens is 252 g/mol. The number of aromatic hydroxyl groups is 1. The van der Waals surface area contributed by atoms with Crippen LogP contribution >= 0.6 is 0 Å². The Bertz CT molecular complexity index is 425. The second kappa shape index (κ2) is 7.07. The molecule has 2 rings (SSSR count). The summed E-state index contributed by atoms with van der Waals surface area (Å²) < 4.78 is 0. The van der Waals surface area contributed by atoms with Crippen molar-refractivity contribution >= 4 is 0 Å². The molecular formula is C16H26N2O2. The molecule has 2 N–H and O–H groups in total. The zero-order chi connectivity index (χ0) is 14.5. The van der Waals surface area contributed by atoms with Crippen molar-refractivity contribution in [1.29, 1.82) is 0 Å². The molecule has 0 amide bonds. The molecule has 0 radical (unpaired) electrons. The van der Waals surface area contributed by atoms with Crippen molar-refractivity contribution in [2.24, 2.45) is 0 Å². The summed E-state index contributed by atoms with van der Waals surface area (Å²) in [5, 5.41) is 19.4. The number of phenolic OH excluding ortho intramolecular Hbond substituents is 1. The molecule has 0 aliphatic carbocycles. The third kappa shape index (κ3) is 3.51. The molecule has 0 aromatic heterocycles. The van der Waals surface area contributed by atoms with Crippen LogP contribution in [0, 0.1) is 0 Å². The summed E-state index contributed by atoms with van der Waals surface area (Å²) in [6, 6.07) is 7.62. The fraction of sp³-hybridized carbons (Fsp3) is 0.625. The molecule has 0 spiro atoms. The first-order chi connectivity index (χ1) is 9.65. The van der Waals surface area contributed by atoms with E-state index >= 15 is 0 Å². The highest BCUT2D eigenvalue weighted by atomic mass is 16.3. The number of hydrogen-bond donors (Lipinski definition) is 2. The minimum absolute atomic E-state index is 0.0270. The van der Waals surface area contributed by atoms with Crippen molar-refractivity contribution in [3.8, 4) is 5.75 Å². The van der Waals surface area contributed by atoms with Gasteiger partial charge in [0.25, 0.3) is 0 Å². The molecule has 1 aromatic carbocycles. The number of piperazine rings is 1. The second-order valence-corrected chi connectivity index (χ2v) is 5.68. The normalized spacial score (nSPS) is 22.9. The molecule has 2 unspecified atom stereocenters. The monoisotopic (exact) mass is 278 g/mol. The minimum atomic E-state index is -0.0270. The lowest BCUT2D eigenvalue weighted by Crippen LogP contribution is -2.53. The maximum atomic E-state index is 9.77. The second-order valence-electron chi connectivity index (χ2n) is 5.68. The van der Waals surface area contributed by atoms with Gasteiger partial charge in [0.2, 0.25) is 0 Å². The van der Waals surface area contributed by atoms with E-state index in [1.807, 2.05) is 12.1 Å². The van der Waals surface area contributed by atoms with Gasteiger partial charge in [0, 0.05) is 25.7 Å². The first-order valence-electron chi connectivity index (χ1n) is 7.53. The molecule has 2 atom stereocenters. The van der Waals surface area contributed by atoms with Crippen LogP contribution in [0.15, 0.2) is 24.3 Å². The molecule has 4 nitrogen and oxygen atoms in total. The van der Waals surface area contributed by atoms with Crippen molar-refractivity contribution < 1.29 is 10.2 Å². The maximum Gasteiger partial charge on any atom is 0.115 e. The van der Waals surface area contributed by atoms with Crippen LogP contribution in [-0.2, 0) is 0 Å². The third-order valence-electron chi connectivity index (χ3n) is 4.13. The summed E-state index contributed by atoms with van der Waals surface area (Å²) in [7, 11) is 0. The Morgan fingerprint density at radius 1 is 1.35 bits per heavy atom. The highest BCUT2D eigenvalue weighted by molar-refractivity contribution is 5.29. The average molecular weight is 278 g/mol. The first kappa shape index (κ1) is 15.3. The van der Waals surface area contributed by atoms with Crippen LogP contribution in [0.2, 0.25) is 0 Å². The number of phenols is 1. The van der Waals surface area contributed by atoms with Gasteiger partial charge in [-0.1, -0.05) is 19.1 Å². The van der Waals surface area contributed by atoms with Crippen molar-refractivity contribution in [2.75, 3.05) is 32.8 Å². The van der Waals surface area contributed by atoms with Gasteiger partial charge in [0.1, 0.15) is 5.75 Å². The molecule has 1 aromatic rings. The van der Waals surface area contributed by atoms with Crippen molar-refractivity contribution in [1.82, 2.24) is 9.80 Å². The van der Waals surface area contributed by atoms with Gasteiger partial charge in [-0.25, -0.2) is 0 Å². The summed E-state index contributed by atoms with van der Waals surface area (Å²) in [5.74, 6) is 0.262. The van der Waals surface area contributed by atoms with E-state index in [4.69, 9.17) is 0 Å². The van der Waals surface area contributed by atoms with E-state index in [-0.39, 0.29) is 18.4 Å². The van der Waals surface area contributed by atoms with Crippen LogP contribution in [0.1, 0.15) is 31.9 Å². The maximum absolute atomic E-state index is 9.77. The third-order valence-corrected chi connectivity index (χ3v) is 4.13. The first-order valence-corrected chi connectivity index (χ1v) is 7.53. The standard InChI is InChI=1S/C16H26N2O2/c1-3-7-17-8-9-18(13(2)11-17)16(12-19)14-5-4-6-15(20)10-14/h4-6,10,13,16,19-20H,3,7-9,11-12H2,1-2H3. The van der Waals surface area contributed by atoms with Crippen molar-refractivity contribution in [2.45, 2.75) is 32.4 Å². The van der Waals surface area contributed by atoms with Gasteiger partial charge >= 0.3 is 0 Å². The molecule has 1 aliphatic rings. The van der Waals surface area contributed by atoms with Gasteiger partial charge in [-0.2, -0.15) is 0 Å². The highest BCUT2D eigenvalue weighted by Gasteiger charge is 2.29. The molecule has 112 valence electrons. The SMILES string of the molecule is CCCN1CCN(C(CO)c2cccc(O)c2)C(C)C1. The predicted octanol–water partition coefficient (Wildman–Crippen LogP) is 1.84. The van der Waals surface area contributed by atoms with Crippen LogP contribution < -0.4 is 0 Å². The van der Waals surface area contributed by atoms with E-state index in [0.717, 1.165) is 31.7 Å². The lowest BCUT2D eigenvalue weighted by Gasteiger charge is -2.43. The molecule has 4 heteroatoms. The van der Waals surface area contributed by atoms with Crippen molar-refractivity contribution in [3.05, 3.63) is 29.8 Å². The van der Waals surface area contributed by atoms with Crippen LogP contribution in [0.4, 0.5) is 0 Å². The lowest BCUT2D eigenvalue weighted by atomic mass is 10.0. The highest BCUT2D eigenvalue weighted by Crippen LogP contribution is 2.27. The van der Waals surface area contributed by atoms with E-state index in [9.17, 15) is 10.2 Å². The summed E-state index contributed by atoms with van der Waals surface area (Å²) >= 11 is 0. The number of aliphatic hydroxyl groups is 1. The van der Waals surface area contributed by atoms with Gasteiger partial charge in [0.15, 0.2) is 0 Å². The van der Waals surface area contributed by atoms with Crippen LogP contribution in [0.3, 0.4) is 0 Å². The molecule has 20 heavy (non-hydrogen) atoms. The van der Waals surface area contributed by atoms with E-state index < -0.39 is 0 Å². The quantitative estimate of drug-likeness (QED) is 0.863. The molecule has 0 saturated carbocycles. The fourth-order valence-electron chi connectivity index (χ4n) is 3.16. The van der Waals surface area contributed by atoms with E-state index in [1.165, 1.54) is 6.42 Å². The summed E-state index contributed by atoms with van der Waals surface area (Å²) in [6.45, 7) is 8.71. The largest absolute Gasteiger partial charge is 0.508 e. The Labute approximate surface area is 121 Å². The smallest absolute Gasteiger partial charge is 0.115 e. The average Bonchev–Trinajstić information content (AvgIpc) is 2.42. The minimum Gasteiger partial charge on any atom is -0.508 e. The summed E-state index contributed by atoms with van der Waals surface area (Å²) in [4.78, 5) is 4.83. The zero-order valence-electron chi connectivity index (χ0n) is 12.5. The zero-order valence-corrected chi connectivity index (χ0v) is 12.5. The van der Waals surface area contributed by atoms with E-state index in [2.05, 4.69) is 23.6 Å². The number of rotatable bonds is 5. The Morgan fingerprint density at radius 2 is 2.15 bits per heavy atom. The fourth-order valence-corrected chi connectivity index (χ4v) is 3.16. The number of hydrogen-bond acceptors (Lipinski definition) is 4. The molecule has 1 heterocycles. The van der Waals surface area contributed by atoms with Gasteiger partial charge in [0.05, 0.1) is 12.6 Å². The van der Waals surface area contributed by atoms with Crippen molar-refractivity contribution in [3.63, 3.8) is 0 Å². The van der Waals surface area contributed by atoms with Gasteiger partial charge in [-0.3, -0.25) is 4.90 Å². The topological polar surface area (TPSA) is 46.9 Å². The molecule has 1 aliphatic heterocycles. The number of nitrogens with zero attached hydrogens (tertiary/aromatic N) is 2. The number of benzene rings is 1. The molecule has 0 bridgehead atoms. The van der Waals surface area contributed by atoms with E-state index in [1.54, 1.807) is 12.1 Å². The molecule has 1 saturated heterocycles. The lowest BCUT2D eigenvalue weighted by molar-refractivity contribution is 0.0252. The van der Waals surface area contributed by atoms with Gasteiger partial charge in [-0.05, 0) is 37.6 Å². The Balaban J connectivity index is 2.09. The number of aliphatic hydroxyl groups excluding tert-OH is 1. The predicted molar refractivity (Wildman–Crippen MR) is 80.8 cm³/mol. The Kier molecular flexibility index (Phi) is 5.40. The summed E-state index contributed by atoms with van der Waals surface area (Å²) in [5.41, 5.74) is 0.989. The van der Waals surface area contributed by atoms with Crippen LogP contribution in [0.25, 0.3) is 0 Å². The Morgan fingerprint density at radius 3 is 2.75 bits per heavy atom. The Hall–Kier alpha value is -1.10. The van der Waals surface area contributed by atoms with Gasteiger partial charge < -0.3 is 15.1 Å².